The molecule has 0 spiro atoms. The molecule has 2 aromatic heterocycles. The van der Waals surface area contributed by atoms with Crippen LogP contribution in [0, 0.1) is 0 Å². The molecule has 0 fully saturated rings. The summed E-state index contributed by atoms with van der Waals surface area (Å²) in [5, 5.41) is 5.14. The van der Waals surface area contributed by atoms with Gasteiger partial charge in [0.25, 0.3) is 5.91 Å². The van der Waals surface area contributed by atoms with E-state index in [1.54, 1.807) is 23.5 Å². The molecule has 2 heterocycles. The summed E-state index contributed by atoms with van der Waals surface area (Å²) in [5.41, 5.74) is 6.73. The Hall–Kier alpha value is -1.59. The number of amides is 1. The summed E-state index contributed by atoms with van der Waals surface area (Å²) in [6, 6.07) is 5.63. The number of carbonyl (C=O) groups is 1. The number of hydrogen-bond donors (Lipinski definition) is 2. The quantitative estimate of drug-likeness (QED) is 0.905. The van der Waals surface area contributed by atoms with Gasteiger partial charge in [0, 0.05) is 4.88 Å². The largest absolute Gasteiger partial charge is 0.455 e. The Morgan fingerprint density at radius 1 is 1.47 bits per heavy atom. The minimum atomic E-state index is -0.163. The second-order valence-corrected chi connectivity index (χ2v) is 5.69. The maximum absolute atomic E-state index is 12.1. The second-order valence-electron chi connectivity index (χ2n) is 4.69. The van der Waals surface area contributed by atoms with Crippen LogP contribution in [-0.2, 0) is 13.0 Å². The van der Waals surface area contributed by atoms with Gasteiger partial charge in [0.1, 0.15) is 5.76 Å². The highest BCUT2D eigenvalue weighted by Gasteiger charge is 2.24. The number of carbonyl (C=O) groups excluding carboxylic acids is 1. The van der Waals surface area contributed by atoms with Crippen molar-refractivity contribution in [1.29, 1.82) is 0 Å². The number of aryl methyl sites for hydroxylation is 1. The second kappa shape index (κ2) is 5.19. The standard InChI is InChI=1S/C14H16N2O2S/c15-8-9-4-5-12(18-9)14(17)16-11-2-1-3-13-10(11)6-7-19-13/h4-7,11H,1-3,8,15H2,(H,16,17). The Balaban J connectivity index is 1.74. The highest BCUT2D eigenvalue weighted by molar-refractivity contribution is 7.10. The Labute approximate surface area is 115 Å². The Kier molecular flexibility index (Phi) is 3.40. The van der Waals surface area contributed by atoms with Crippen LogP contribution in [0.25, 0.3) is 0 Å². The molecule has 19 heavy (non-hydrogen) atoms. The molecule has 3 N–H and O–H groups in total. The van der Waals surface area contributed by atoms with Gasteiger partial charge in [-0.2, -0.15) is 0 Å². The highest BCUT2D eigenvalue weighted by Crippen LogP contribution is 2.33. The lowest BCUT2D eigenvalue weighted by atomic mass is 9.94. The number of nitrogens with two attached hydrogens (primary N) is 1. The molecule has 4 nitrogen and oxygen atoms in total. The highest BCUT2D eigenvalue weighted by atomic mass is 32.1. The Bertz CT molecular complexity index is 588. The van der Waals surface area contributed by atoms with Crippen LogP contribution in [0.5, 0.6) is 0 Å². The van der Waals surface area contributed by atoms with E-state index in [9.17, 15) is 4.79 Å². The monoisotopic (exact) mass is 276 g/mol. The van der Waals surface area contributed by atoms with Crippen LogP contribution in [0.3, 0.4) is 0 Å². The first-order valence-electron chi connectivity index (χ1n) is 6.44. The lowest BCUT2D eigenvalue weighted by Crippen LogP contribution is -2.30. The van der Waals surface area contributed by atoms with Gasteiger partial charge in [-0.05, 0) is 48.4 Å². The molecular weight excluding hydrogens is 260 g/mol. The SMILES string of the molecule is NCc1ccc(C(=O)NC2CCCc3sccc32)o1. The number of rotatable bonds is 3. The van der Waals surface area contributed by atoms with Crippen molar-refractivity contribution in [2.24, 2.45) is 5.73 Å². The van der Waals surface area contributed by atoms with Crippen LogP contribution in [0.15, 0.2) is 28.0 Å². The summed E-state index contributed by atoms with van der Waals surface area (Å²) in [6.45, 7) is 0.311. The summed E-state index contributed by atoms with van der Waals surface area (Å²) < 4.78 is 5.37. The molecular formula is C14H16N2O2S. The minimum Gasteiger partial charge on any atom is -0.455 e. The van der Waals surface area contributed by atoms with Gasteiger partial charge >= 0.3 is 0 Å². The maximum atomic E-state index is 12.1. The van der Waals surface area contributed by atoms with E-state index in [0.29, 0.717) is 18.1 Å². The van der Waals surface area contributed by atoms with Crippen LogP contribution in [0.4, 0.5) is 0 Å². The van der Waals surface area contributed by atoms with Crippen LogP contribution < -0.4 is 11.1 Å². The maximum Gasteiger partial charge on any atom is 0.287 e. The van der Waals surface area contributed by atoms with Crippen molar-refractivity contribution in [2.45, 2.75) is 31.8 Å². The predicted molar refractivity (Wildman–Crippen MR) is 74.1 cm³/mol. The van der Waals surface area contributed by atoms with E-state index < -0.39 is 0 Å². The first-order valence-corrected chi connectivity index (χ1v) is 7.32. The molecule has 0 saturated carbocycles. The smallest absolute Gasteiger partial charge is 0.287 e. The third-order valence-electron chi connectivity index (χ3n) is 3.44. The van der Waals surface area contributed by atoms with Gasteiger partial charge in [-0.25, -0.2) is 0 Å². The Morgan fingerprint density at radius 2 is 2.37 bits per heavy atom. The van der Waals surface area contributed by atoms with E-state index in [1.165, 1.54) is 10.4 Å². The van der Waals surface area contributed by atoms with Gasteiger partial charge in [-0.1, -0.05) is 0 Å². The molecule has 2 aromatic rings. The van der Waals surface area contributed by atoms with Gasteiger partial charge in [-0.15, -0.1) is 11.3 Å². The molecule has 0 saturated heterocycles. The summed E-state index contributed by atoms with van der Waals surface area (Å²) in [5.74, 6) is 0.802. The topological polar surface area (TPSA) is 68.3 Å². The van der Waals surface area contributed by atoms with Crippen LogP contribution >= 0.6 is 11.3 Å². The van der Waals surface area contributed by atoms with E-state index in [1.807, 2.05) is 0 Å². The molecule has 1 atom stereocenters. The zero-order valence-corrected chi connectivity index (χ0v) is 11.3. The number of thiophene rings is 1. The average molecular weight is 276 g/mol. The molecule has 0 aromatic carbocycles. The number of furan rings is 1. The fraction of sp³-hybridized carbons (Fsp3) is 0.357. The Morgan fingerprint density at radius 3 is 3.16 bits per heavy atom. The van der Waals surface area contributed by atoms with Crippen molar-refractivity contribution in [2.75, 3.05) is 0 Å². The van der Waals surface area contributed by atoms with E-state index in [0.717, 1.165) is 19.3 Å². The van der Waals surface area contributed by atoms with Crippen molar-refractivity contribution in [1.82, 2.24) is 5.32 Å². The molecule has 5 heteroatoms. The third-order valence-corrected chi connectivity index (χ3v) is 4.44. The fourth-order valence-electron chi connectivity index (χ4n) is 2.48. The van der Waals surface area contributed by atoms with E-state index >= 15 is 0 Å². The van der Waals surface area contributed by atoms with E-state index in [2.05, 4.69) is 16.8 Å². The average Bonchev–Trinajstić information content (AvgIpc) is 3.08. The lowest BCUT2D eigenvalue weighted by molar-refractivity contribution is 0.0903. The lowest BCUT2D eigenvalue weighted by Gasteiger charge is -2.23. The van der Waals surface area contributed by atoms with Gasteiger partial charge in [0.2, 0.25) is 0 Å². The number of hydrogen-bond acceptors (Lipinski definition) is 4. The first kappa shape index (κ1) is 12.4. The van der Waals surface area contributed by atoms with E-state index in [4.69, 9.17) is 10.2 Å². The molecule has 0 radical (unpaired) electrons. The fourth-order valence-corrected chi connectivity index (χ4v) is 3.46. The molecule has 1 aliphatic carbocycles. The van der Waals surface area contributed by atoms with Crippen molar-refractivity contribution in [3.8, 4) is 0 Å². The van der Waals surface area contributed by atoms with Crippen molar-refractivity contribution in [3.63, 3.8) is 0 Å². The minimum absolute atomic E-state index is 0.105. The van der Waals surface area contributed by atoms with Gasteiger partial charge in [-0.3, -0.25) is 4.79 Å². The summed E-state index contributed by atoms with van der Waals surface area (Å²) in [4.78, 5) is 13.5. The molecule has 0 aliphatic heterocycles. The van der Waals surface area contributed by atoms with Crippen LogP contribution in [-0.4, -0.2) is 5.91 Å². The molecule has 1 unspecified atom stereocenters. The van der Waals surface area contributed by atoms with E-state index in [-0.39, 0.29) is 11.9 Å². The third kappa shape index (κ3) is 2.43. The van der Waals surface area contributed by atoms with Crippen LogP contribution in [0.2, 0.25) is 0 Å². The van der Waals surface area contributed by atoms with Crippen molar-refractivity contribution in [3.05, 3.63) is 45.5 Å². The van der Waals surface area contributed by atoms with Crippen molar-refractivity contribution >= 4 is 17.2 Å². The van der Waals surface area contributed by atoms with Crippen LogP contribution in [0.1, 0.15) is 45.6 Å². The molecule has 3 rings (SSSR count). The van der Waals surface area contributed by atoms with Gasteiger partial charge in [0.15, 0.2) is 5.76 Å². The zero-order valence-electron chi connectivity index (χ0n) is 10.5. The summed E-state index contributed by atoms with van der Waals surface area (Å²) in [7, 11) is 0. The number of nitrogens with one attached hydrogen (secondary N) is 1. The van der Waals surface area contributed by atoms with Gasteiger partial charge in [0.05, 0.1) is 12.6 Å². The molecule has 1 amide bonds. The van der Waals surface area contributed by atoms with Gasteiger partial charge < -0.3 is 15.5 Å². The zero-order chi connectivity index (χ0) is 13.2. The molecule has 0 bridgehead atoms. The molecule has 1 aliphatic rings. The van der Waals surface area contributed by atoms with Crippen molar-refractivity contribution < 1.29 is 9.21 Å². The molecule has 100 valence electrons. The predicted octanol–water partition coefficient (Wildman–Crippen LogP) is 2.61. The first-order chi connectivity index (χ1) is 9.28. The normalized spacial score (nSPS) is 18.1. The summed E-state index contributed by atoms with van der Waals surface area (Å²) in [6.07, 6.45) is 3.22. The summed E-state index contributed by atoms with van der Waals surface area (Å²) >= 11 is 1.77. The number of fused-ring (bicyclic) bond motifs is 1.